The van der Waals surface area contributed by atoms with Crippen LogP contribution in [0.2, 0.25) is 0 Å². The predicted molar refractivity (Wildman–Crippen MR) is 93.6 cm³/mol. The second-order valence-electron chi connectivity index (χ2n) is 5.50. The van der Waals surface area contributed by atoms with Gasteiger partial charge in [-0.05, 0) is 42.2 Å². The van der Waals surface area contributed by atoms with Crippen molar-refractivity contribution in [1.82, 2.24) is 0 Å². The number of carbonyl (C=O) groups excluding carboxylic acids is 1. The molecule has 0 spiro atoms. The lowest BCUT2D eigenvalue weighted by Gasteiger charge is -2.10. The average molecular weight is 331 g/mol. The molecule has 0 bridgehead atoms. The fraction of sp³-hybridized carbons (Fsp3) is 0.278. The molecule has 23 heavy (non-hydrogen) atoms. The zero-order valence-corrected chi connectivity index (χ0v) is 14.2. The Balaban J connectivity index is 1.91. The van der Waals surface area contributed by atoms with E-state index in [1.54, 1.807) is 12.1 Å². The summed E-state index contributed by atoms with van der Waals surface area (Å²) >= 11 is 0. The number of aliphatic hydroxyl groups excluding tert-OH is 1. The van der Waals surface area contributed by atoms with E-state index in [1.807, 2.05) is 44.2 Å². The second-order valence-corrected chi connectivity index (χ2v) is 6.96. The van der Waals surface area contributed by atoms with Crippen LogP contribution in [0.3, 0.4) is 0 Å². The summed E-state index contributed by atoms with van der Waals surface area (Å²) in [6.45, 7) is 3.92. The minimum absolute atomic E-state index is 0.0123. The third-order valence-electron chi connectivity index (χ3n) is 3.70. The van der Waals surface area contributed by atoms with Crippen LogP contribution >= 0.6 is 0 Å². The molecule has 4 nitrogen and oxygen atoms in total. The molecule has 1 unspecified atom stereocenters. The highest BCUT2D eigenvalue weighted by molar-refractivity contribution is 7.84. The van der Waals surface area contributed by atoms with Crippen molar-refractivity contribution in [2.24, 2.45) is 0 Å². The average Bonchev–Trinajstić information content (AvgIpc) is 2.52. The molecule has 122 valence electrons. The molecular weight excluding hydrogens is 310 g/mol. The van der Waals surface area contributed by atoms with Gasteiger partial charge in [-0.3, -0.25) is 9.00 Å². The minimum Gasteiger partial charge on any atom is -0.392 e. The molecule has 2 rings (SSSR count). The highest BCUT2D eigenvalue weighted by atomic mass is 32.2. The van der Waals surface area contributed by atoms with Gasteiger partial charge in [0.1, 0.15) is 5.75 Å². The number of hydrogen-bond acceptors (Lipinski definition) is 3. The summed E-state index contributed by atoms with van der Waals surface area (Å²) in [7, 11) is -1.27. The lowest BCUT2D eigenvalue weighted by molar-refractivity contribution is -0.113. The van der Waals surface area contributed by atoms with Gasteiger partial charge in [-0.2, -0.15) is 0 Å². The maximum absolute atomic E-state index is 12.1. The van der Waals surface area contributed by atoms with Gasteiger partial charge < -0.3 is 10.4 Å². The third-order valence-corrected chi connectivity index (χ3v) is 4.94. The number of benzene rings is 2. The maximum Gasteiger partial charge on any atom is 0.237 e. The number of carbonyl (C=O) groups is 1. The Hall–Kier alpha value is -1.98. The molecule has 1 amide bonds. The smallest absolute Gasteiger partial charge is 0.237 e. The highest BCUT2D eigenvalue weighted by Crippen LogP contribution is 2.18. The predicted octanol–water partition coefficient (Wildman–Crippen LogP) is 2.68. The Morgan fingerprint density at radius 1 is 1.09 bits per heavy atom. The van der Waals surface area contributed by atoms with E-state index in [9.17, 15) is 9.00 Å². The molecule has 2 N–H and O–H groups in total. The van der Waals surface area contributed by atoms with Crippen LogP contribution in [0, 0.1) is 13.8 Å². The van der Waals surface area contributed by atoms with Gasteiger partial charge >= 0.3 is 0 Å². The van der Waals surface area contributed by atoms with Gasteiger partial charge in [0.05, 0.1) is 6.61 Å². The summed E-state index contributed by atoms with van der Waals surface area (Å²) in [4.78, 5) is 12.0. The van der Waals surface area contributed by atoms with Crippen molar-refractivity contribution in [2.75, 3.05) is 11.1 Å². The fourth-order valence-electron chi connectivity index (χ4n) is 2.20. The normalized spacial score (nSPS) is 12.0. The molecule has 2 aromatic rings. The first-order valence-corrected chi connectivity index (χ1v) is 8.88. The zero-order chi connectivity index (χ0) is 16.8. The first kappa shape index (κ1) is 17.4. The van der Waals surface area contributed by atoms with Crippen molar-refractivity contribution in [2.45, 2.75) is 26.2 Å². The van der Waals surface area contributed by atoms with E-state index in [0.717, 1.165) is 27.9 Å². The van der Waals surface area contributed by atoms with Crippen LogP contribution in [-0.4, -0.2) is 21.0 Å². The largest absolute Gasteiger partial charge is 0.392 e. The van der Waals surface area contributed by atoms with E-state index >= 15 is 0 Å². The highest BCUT2D eigenvalue weighted by Gasteiger charge is 2.11. The number of nitrogens with one attached hydrogen (secondary N) is 1. The molecule has 2 aromatic carbocycles. The summed E-state index contributed by atoms with van der Waals surface area (Å²) in [5.41, 5.74) is 4.59. The molecule has 0 saturated heterocycles. The maximum atomic E-state index is 12.1. The van der Waals surface area contributed by atoms with Crippen LogP contribution < -0.4 is 5.32 Å². The van der Waals surface area contributed by atoms with Crippen molar-refractivity contribution < 1.29 is 14.1 Å². The van der Waals surface area contributed by atoms with Crippen molar-refractivity contribution in [3.8, 4) is 0 Å². The van der Waals surface area contributed by atoms with Crippen LogP contribution in [0.5, 0.6) is 0 Å². The standard InChI is InChI=1S/C18H21NO3S/c1-13-4-3-5-17(14(13)2)19-18(21)12-23(22)11-16-8-6-15(10-20)7-9-16/h3-9,20H,10-12H2,1-2H3,(H,19,21). The molecule has 1 atom stereocenters. The molecule has 0 aliphatic heterocycles. The third kappa shape index (κ3) is 5.01. The molecule has 0 aliphatic rings. The monoisotopic (exact) mass is 331 g/mol. The Morgan fingerprint density at radius 3 is 2.39 bits per heavy atom. The van der Waals surface area contributed by atoms with Gasteiger partial charge in [0.25, 0.3) is 0 Å². The molecule has 0 heterocycles. The Labute approximate surface area is 139 Å². The Bertz CT molecular complexity index is 711. The summed E-state index contributed by atoms with van der Waals surface area (Å²) in [6, 6.07) is 13.0. The van der Waals surface area contributed by atoms with Gasteiger partial charge in [0.2, 0.25) is 5.91 Å². The van der Waals surface area contributed by atoms with Gasteiger partial charge in [-0.25, -0.2) is 0 Å². The fourth-order valence-corrected chi connectivity index (χ4v) is 3.23. The summed E-state index contributed by atoms with van der Waals surface area (Å²) in [5.74, 6) is 0.0464. The summed E-state index contributed by atoms with van der Waals surface area (Å²) in [6.07, 6.45) is 0. The van der Waals surface area contributed by atoms with Crippen molar-refractivity contribution in [3.05, 3.63) is 64.7 Å². The molecule has 0 fully saturated rings. The molecule has 5 heteroatoms. The van der Waals surface area contributed by atoms with E-state index in [4.69, 9.17) is 5.11 Å². The first-order valence-electron chi connectivity index (χ1n) is 7.39. The minimum atomic E-state index is -1.27. The lowest BCUT2D eigenvalue weighted by Crippen LogP contribution is -2.20. The Kier molecular flexibility index (Phi) is 6.07. The number of anilines is 1. The number of aliphatic hydroxyl groups is 1. The van der Waals surface area contributed by atoms with E-state index in [2.05, 4.69) is 5.32 Å². The molecule has 0 aliphatic carbocycles. The van der Waals surface area contributed by atoms with Gasteiger partial charge in [0.15, 0.2) is 0 Å². The zero-order valence-electron chi connectivity index (χ0n) is 13.3. The van der Waals surface area contributed by atoms with Crippen molar-refractivity contribution >= 4 is 22.4 Å². The number of amides is 1. The van der Waals surface area contributed by atoms with Crippen LogP contribution in [0.15, 0.2) is 42.5 Å². The molecule has 0 saturated carbocycles. The van der Waals surface area contributed by atoms with Crippen molar-refractivity contribution in [3.63, 3.8) is 0 Å². The SMILES string of the molecule is Cc1cccc(NC(=O)CS(=O)Cc2ccc(CO)cc2)c1C. The first-order chi connectivity index (χ1) is 11.0. The van der Waals surface area contributed by atoms with E-state index in [1.165, 1.54) is 0 Å². The van der Waals surface area contributed by atoms with Gasteiger partial charge in [-0.15, -0.1) is 0 Å². The summed E-state index contributed by atoms with van der Waals surface area (Å²) in [5, 5.41) is 11.8. The Morgan fingerprint density at radius 2 is 1.74 bits per heavy atom. The topological polar surface area (TPSA) is 66.4 Å². The van der Waals surface area contributed by atoms with E-state index in [0.29, 0.717) is 5.75 Å². The van der Waals surface area contributed by atoms with Crippen molar-refractivity contribution in [1.29, 1.82) is 0 Å². The van der Waals surface area contributed by atoms with Gasteiger partial charge in [0, 0.05) is 22.2 Å². The van der Waals surface area contributed by atoms with Crippen LogP contribution in [0.4, 0.5) is 5.69 Å². The van der Waals surface area contributed by atoms with E-state index in [-0.39, 0.29) is 18.3 Å². The van der Waals surface area contributed by atoms with Crippen LogP contribution in [0.1, 0.15) is 22.3 Å². The van der Waals surface area contributed by atoms with Crippen LogP contribution in [0.25, 0.3) is 0 Å². The summed E-state index contributed by atoms with van der Waals surface area (Å²) < 4.78 is 12.1. The molecule has 0 radical (unpaired) electrons. The van der Waals surface area contributed by atoms with Gasteiger partial charge in [-0.1, -0.05) is 36.4 Å². The molecule has 0 aromatic heterocycles. The second kappa shape index (κ2) is 8.04. The number of rotatable bonds is 6. The van der Waals surface area contributed by atoms with E-state index < -0.39 is 10.8 Å². The lowest BCUT2D eigenvalue weighted by atomic mass is 10.1. The molecular formula is C18H21NO3S. The van der Waals surface area contributed by atoms with Crippen LogP contribution in [-0.2, 0) is 28.0 Å². The number of aryl methyl sites for hydroxylation is 1. The quantitative estimate of drug-likeness (QED) is 0.855. The number of hydrogen-bond donors (Lipinski definition) is 2.